The molecule has 31 heavy (non-hydrogen) atoms. The van der Waals surface area contributed by atoms with E-state index in [0.717, 1.165) is 16.5 Å². The summed E-state index contributed by atoms with van der Waals surface area (Å²) in [6, 6.07) is 13.8. The molecule has 0 saturated carbocycles. The average molecular weight is 416 g/mol. The molecule has 0 unspecified atom stereocenters. The highest BCUT2D eigenvalue weighted by Crippen LogP contribution is 2.20. The first-order chi connectivity index (χ1) is 15.2. The smallest absolute Gasteiger partial charge is 0.254 e. The molecule has 3 heterocycles. The number of anilines is 1. The van der Waals surface area contributed by atoms with Crippen molar-refractivity contribution in [2.75, 3.05) is 31.1 Å². The molecule has 5 rings (SSSR count). The topological polar surface area (TPSA) is 67.2 Å². The Bertz CT molecular complexity index is 1200. The Labute approximate surface area is 178 Å². The summed E-state index contributed by atoms with van der Waals surface area (Å²) in [7, 11) is 0. The number of halogens is 1. The number of hydrogen-bond donors (Lipinski definition) is 0. The normalized spacial score (nSPS) is 14.2. The fourth-order valence-electron chi connectivity index (χ4n) is 3.84. The lowest BCUT2D eigenvalue weighted by Crippen LogP contribution is -2.49. The molecule has 2 aromatic heterocycles. The largest absolute Gasteiger partial charge is 0.337 e. The fourth-order valence-corrected chi connectivity index (χ4v) is 3.84. The number of fused-ring (bicyclic) bond motifs is 1. The molecule has 0 bridgehead atoms. The van der Waals surface area contributed by atoms with Gasteiger partial charge in [-0.1, -0.05) is 18.2 Å². The van der Waals surface area contributed by atoms with Gasteiger partial charge in [-0.25, -0.2) is 14.4 Å². The van der Waals surface area contributed by atoms with Crippen molar-refractivity contribution in [3.8, 4) is 0 Å². The van der Waals surface area contributed by atoms with Crippen LogP contribution in [0.5, 0.6) is 0 Å². The highest BCUT2D eigenvalue weighted by Gasteiger charge is 2.23. The highest BCUT2D eigenvalue weighted by molar-refractivity contribution is 5.98. The van der Waals surface area contributed by atoms with Gasteiger partial charge in [-0.3, -0.25) is 9.48 Å². The van der Waals surface area contributed by atoms with Crippen LogP contribution in [0.2, 0.25) is 0 Å². The zero-order chi connectivity index (χ0) is 21.2. The number of amides is 1. The first kappa shape index (κ1) is 19.2. The number of rotatable bonds is 4. The second kappa shape index (κ2) is 8.14. The van der Waals surface area contributed by atoms with Crippen molar-refractivity contribution >= 4 is 22.8 Å². The Morgan fingerprint density at radius 2 is 1.71 bits per heavy atom. The minimum atomic E-state index is -0.263. The quantitative estimate of drug-likeness (QED) is 0.512. The average Bonchev–Trinajstić information content (AvgIpc) is 3.22. The first-order valence-corrected chi connectivity index (χ1v) is 10.2. The van der Waals surface area contributed by atoms with Gasteiger partial charge in [0.25, 0.3) is 5.91 Å². The van der Waals surface area contributed by atoms with Crippen molar-refractivity contribution in [2.24, 2.45) is 0 Å². The van der Waals surface area contributed by atoms with Crippen LogP contribution in [-0.2, 0) is 6.54 Å². The molecule has 0 radical (unpaired) electrons. The molecule has 1 aliphatic rings. The molecule has 8 heteroatoms. The maximum Gasteiger partial charge on any atom is 0.254 e. The predicted molar refractivity (Wildman–Crippen MR) is 115 cm³/mol. The van der Waals surface area contributed by atoms with Crippen LogP contribution in [0.25, 0.3) is 10.9 Å². The number of carbonyl (C=O) groups is 1. The predicted octanol–water partition coefficient (Wildman–Crippen LogP) is 2.98. The molecule has 1 amide bonds. The van der Waals surface area contributed by atoms with Gasteiger partial charge in [0, 0.05) is 49.5 Å². The van der Waals surface area contributed by atoms with Crippen molar-refractivity contribution in [3.63, 3.8) is 0 Å². The fraction of sp³-hybridized carbons (Fsp3) is 0.217. The number of nitrogens with zero attached hydrogens (tertiary/aromatic N) is 6. The number of aromatic nitrogens is 4. The third kappa shape index (κ3) is 3.96. The molecule has 0 atom stereocenters. The summed E-state index contributed by atoms with van der Waals surface area (Å²) >= 11 is 0. The van der Waals surface area contributed by atoms with E-state index in [2.05, 4.69) is 20.0 Å². The Hall–Kier alpha value is -3.81. The molecule has 0 aliphatic carbocycles. The summed E-state index contributed by atoms with van der Waals surface area (Å²) < 4.78 is 15.0. The van der Waals surface area contributed by atoms with E-state index in [-0.39, 0.29) is 11.7 Å². The number of carbonyl (C=O) groups excluding carboxylic acids is 1. The van der Waals surface area contributed by atoms with Crippen LogP contribution in [0, 0.1) is 5.82 Å². The van der Waals surface area contributed by atoms with Crippen molar-refractivity contribution in [1.29, 1.82) is 0 Å². The minimum Gasteiger partial charge on any atom is -0.337 e. The summed E-state index contributed by atoms with van der Waals surface area (Å²) in [5.41, 5.74) is 2.46. The minimum absolute atomic E-state index is 0.00469. The lowest BCUT2D eigenvalue weighted by molar-refractivity contribution is 0.0746. The summed E-state index contributed by atoms with van der Waals surface area (Å²) in [5.74, 6) is 0.437. The van der Waals surface area contributed by atoms with E-state index < -0.39 is 0 Å². The Balaban J connectivity index is 1.32. The van der Waals surface area contributed by atoms with Crippen LogP contribution in [0.3, 0.4) is 0 Å². The van der Waals surface area contributed by atoms with Crippen LogP contribution in [-0.4, -0.2) is 56.7 Å². The lowest BCUT2D eigenvalue weighted by Gasteiger charge is -2.34. The maximum absolute atomic E-state index is 13.2. The van der Waals surface area contributed by atoms with Gasteiger partial charge >= 0.3 is 0 Å². The first-order valence-electron chi connectivity index (χ1n) is 10.2. The van der Waals surface area contributed by atoms with Crippen LogP contribution in [0.4, 0.5) is 10.3 Å². The van der Waals surface area contributed by atoms with E-state index in [9.17, 15) is 9.18 Å². The number of benzene rings is 2. The maximum atomic E-state index is 13.2. The Morgan fingerprint density at radius 3 is 2.45 bits per heavy atom. The Kier molecular flexibility index (Phi) is 5.03. The molecule has 4 aromatic rings. The molecule has 1 saturated heterocycles. The molecular formula is C23H21FN6O. The zero-order valence-corrected chi connectivity index (χ0v) is 16.9. The molecule has 0 N–H and O–H groups in total. The second-order valence-corrected chi connectivity index (χ2v) is 7.53. The van der Waals surface area contributed by atoms with Crippen LogP contribution < -0.4 is 4.90 Å². The van der Waals surface area contributed by atoms with Crippen molar-refractivity contribution < 1.29 is 9.18 Å². The van der Waals surface area contributed by atoms with Gasteiger partial charge in [0.15, 0.2) is 0 Å². The summed E-state index contributed by atoms with van der Waals surface area (Å²) in [5, 5.41) is 5.41. The van der Waals surface area contributed by atoms with Gasteiger partial charge in [0.2, 0.25) is 5.95 Å². The lowest BCUT2D eigenvalue weighted by atomic mass is 10.1. The number of hydrogen-bond acceptors (Lipinski definition) is 5. The summed E-state index contributed by atoms with van der Waals surface area (Å²) in [6.45, 7) is 3.13. The van der Waals surface area contributed by atoms with Crippen LogP contribution >= 0.6 is 0 Å². The third-order valence-electron chi connectivity index (χ3n) is 5.54. The SMILES string of the molecule is O=C(c1ccc2cnn(Cc3ccc(F)cc3)c2c1)N1CCN(c2ncccn2)CC1. The van der Waals surface area contributed by atoms with Crippen molar-refractivity contribution in [2.45, 2.75) is 6.54 Å². The molecule has 0 spiro atoms. The summed E-state index contributed by atoms with van der Waals surface area (Å²) in [4.78, 5) is 25.6. The Morgan fingerprint density at radius 1 is 0.968 bits per heavy atom. The molecular weight excluding hydrogens is 395 g/mol. The van der Waals surface area contributed by atoms with E-state index in [1.807, 2.05) is 27.8 Å². The van der Waals surface area contributed by atoms with E-state index in [1.54, 1.807) is 36.8 Å². The molecule has 2 aromatic carbocycles. The van der Waals surface area contributed by atoms with Gasteiger partial charge in [0.05, 0.1) is 18.3 Å². The summed E-state index contributed by atoms with van der Waals surface area (Å²) in [6.07, 6.45) is 5.24. The highest BCUT2D eigenvalue weighted by atomic mass is 19.1. The van der Waals surface area contributed by atoms with Crippen molar-refractivity contribution in [3.05, 3.63) is 84.1 Å². The monoisotopic (exact) mass is 416 g/mol. The van der Waals surface area contributed by atoms with Gasteiger partial charge < -0.3 is 9.80 Å². The zero-order valence-electron chi connectivity index (χ0n) is 16.9. The van der Waals surface area contributed by atoms with Gasteiger partial charge in [-0.05, 0) is 35.9 Å². The number of piperazine rings is 1. The molecule has 7 nitrogen and oxygen atoms in total. The van der Waals surface area contributed by atoms with Gasteiger partial charge in [-0.2, -0.15) is 5.10 Å². The van der Waals surface area contributed by atoms with Crippen molar-refractivity contribution in [1.82, 2.24) is 24.6 Å². The van der Waals surface area contributed by atoms with Gasteiger partial charge in [-0.15, -0.1) is 0 Å². The third-order valence-corrected chi connectivity index (χ3v) is 5.54. The van der Waals surface area contributed by atoms with Crippen LogP contribution in [0.15, 0.2) is 67.1 Å². The van der Waals surface area contributed by atoms with E-state index >= 15 is 0 Å². The molecule has 1 aliphatic heterocycles. The van der Waals surface area contributed by atoms with Crippen LogP contribution in [0.1, 0.15) is 15.9 Å². The van der Waals surface area contributed by atoms with E-state index in [1.165, 1.54) is 12.1 Å². The van der Waals surface area contributed by atoms with E-state index in [0.29, 0.717) is 44.2 Å². The molecule has 156 valence electrons. The van der Waals surface area contributed by atoms with E-state index in [4.69, 9.17) is 0 Å². The standard InChI is InChI=1S/C23H21FN6O/c24-20-6-2-17(3-7-20)16-30-21-14-18(4-5-19(21)15-27-30)22(31)28-10-12-29(13-11-28)23-25-8-1-9-26-23/h1-9,14-15H,10-13,16H2. The molecule has 1 fully saturated rings. The second-order valence-electron chi connectivity index (χ2n) is 7.53. The van der Waals surface area contributed by atoms with Gasteiger partial charge in [0.1, 0.15) is 5.82 Å².